The largest absolute Gasteiger partial charge is 0.503 e. The van der Waals surface area contributed by atoms with Gasteiger partial charge in [0.25, 0.3) is 11.1 Å². The number of halogens is 1. The van der Waals surface area contributed by atoms with Crippen molar-refractivity contribution in [3.63, 3.8) is 0 Å². The number of nitrogens with one attached hydrogen (secondary N) is 1. The van der Waals surface area contributed by atoms with Crippen molar-refractivity contribution in [2.75, 3.05) is 18.5 Å². The number of aromatic hydroxyl groups is 1. The van der Waals surface area contributed by atoms with Gasteiger partial charge in [0.2, 0.25) is 5.91 Å². The van der Waals surface area contributed by atoms with Crippen molar-refractivity contribution in [1.82, 2.24) is 4.90 Å². The summed E-state index contributed by atoms with van der Waals surface area (Å²) in [6, 6.07) is 10.4. The zero-order chi connectivity index (χ0) is 21.8. The molecule has 1 fully saturated rings. The zero-order valence-electron chi connectivity index (χ0n) is 16.3. The van der Waals surface area contributed by atoms with Gasteiger partial charge < -0.3 is 15.2 Å². The van der Waals surface area contributed by atoms with Crippen LogP contribution in [0, 0.1) is 6.92 Å². The molecule has 9 heteroatoms. The van der Waals surface area contributed by atoms with Gasteiger partial charge in [-0.1, -0.05) is 12.1 Å². The Kier molecular flexibility index (Phi) is 6.84. The molecule has 3 amide bonds. The van der Waals surface area contributed by atoms with Crippen LogP contribution in [0.25, 0.3) is 6.08 Å². The van der Waals surface area contributed by atoms with Gasteiger partial charge in [0.1, 0.15) is 6.54 Å². The lowest BCUT2D eigenvalue weighted by Crippen LogP contribution is -2.36. The minimum absolute atomic E-state index is 0.0464. The summed E-state index contributed by atoms with van der Waals surface area (Å²) < 4.78 is 5.78. The number of amides is 3. The van der Waals surface area contributed by atoms with E-state index in [9.17, 15) is 19.5 Å². The molecule has 0 aromatic heterocycles. The van der Waals surface area contributed by atoms with E-state index in [0.29, 0.717) is 22.3 Å². The van der Waals surface area contributed by atoms with Crippen molar-refractivity contribution < 1.29 is 24.2 Å². The van der Waals surface area contributed by atoms with Crippen LogP contribution in [0.1, 0.15) is 18.1 Å². The highest BCUT2D eigenvalue weighted by Gasteiger charge is 2.36. The van der Waals surface area contributed by atoms with Crippen molar-refractivity contribution in [1.29, 1.82) is 0 Å². The van der Waals surface area contributed by atoms with E-state index in [2.05, 4.69) is 21.2 Å². The average Bonchev–Trinajstić information content (AvgIpc) is 2.93. The van der Waals surface area contributed by atoms with Crippen LogP contribution in [0.15, 0.2) is 45.8 Å². The number of imide groups is 1. The second kappa shape index (κ2) is 9.36. The third-order valence-corrected chi connectivity index (χ3v) is 5.64. The Balaban J connectivity index is 1.75. The fourth-order valence-corrected chi connectivity index (χ4v) is 4.10. The van der Waals surface area contributed by atoms with Crippen LogP contribution in [-0.2, 0) is 9.59 Å². The number of benzene rings is 2. The van der Waals surface area contributed by atoms with Crippen molar-refractivity contribution in [3.05, 3.63) is 56.9 Å². The molecule has 1 aliphatic heterocycles. The molecule has 156 valence electrons. The summed E-state index contributed by atoms with van der Waals surface area (Å²) in [5, 5.41) is 12.2. The number of thioether (sulfide) groups is 1. The maximum atomic E-state index is 12.7. The van der Waals surface area contributed by atoms with Gasteiger partial charge in [-0.2, -0.15) is 0 Å². The molecule has 0 bridgehead atoms. The fraction of sp³-hybridized carbons (Fsp3) is 0.190. The summed E-state index contributed by atoms with van der Waals surface area (Å²) in [5.41, 5.74) is 2.14. The Morgan fingerprint density at radius 2 is 2.07 bits per heavy atom. The molecular weight excluding hydrogens is 472 g/mol. The number of ether oxygens (including phenoxy) is 1. The van der Waals surface area contributed by atoms with Crippen molar-refractivity contribution in [2.24, 2.45) is 0 Å². The van der Waals surface area contributed by atoms with Crippen LogP contribution in [0.2, 0.25) is 0 Å². The van der Waals surface area contributed by atoms with Crippen LogP contribution < -0.4 is 10.1 Å². The van der Waals surface area contributed by atoms with E-state index in [-0.39, 0.29) is 22.9 Å². The standard InChI is InChI=1S/C21H19BrN2O5S/c1-3-29-16-9-13(8-15(22)19(16)26)10-17-20(27)24(21(28)30-17)11-18(25)23-14-6-4-5-12(2)7-14/h4-10,26H,3,11H2,1-2H3,(H,23,25). The SMILES string of the molecule is CCOc1cc(C=C2SC(=O)N(CC(=O)Nc3cccc(C)c3)C2=O)cc(Br)c1O. The number of aryl methyl sites for hydroxylation is 1. The van der Waals surface area contributed by atoms with E-state index in [1.165, 1.54) is 6.08 Å². The molecule has 0 saturated carbocycles. The predicted octanol–water partition coefficient (Wildman–Crippen LogP) is 4.54. The summed E-state index contributed by atoms with van der Waals surface area (Å²) in [7, 11) is 0. The Bertz CT molecular complexity index is 1050. The lowest BCUT2D eigenvalue weighted by molar-refractivity contribution is -0.127. The summed E-state index contributed by atoms with van der Waals surface area (Å²) in [6.07, 6.45) is 1.52. The van der Waals surface area contributed by atoms with Crippen LogP contribution in [0.4, 0.5) is 10.5 Å². The monoisotopic (exact) mass is 490 g/mol. The minimum Gasteiger partial charge on any atom is -0.503 e. The summed E-state index contributed by atoms with van der Waals surface area (Å²) in [5.74, 6) is -0.800. The number of hydrogen-bond donors (Lipinski definition) is 2. The lowest BCUT2D eigenvalue weighted by Gasteiger charge is -2.12. The third kappa shape index (κ3) is 5.03. The maximum Gasteiger partial charge on any atom is 0.294 e. The van der Waals surface area contributed by atoms with E-state index in [4.69, 9.17) is 4.74 Å². The molecule has 1 aliphatic rings. The van der Waals surface area contributed by atoms with Gasteiger partial charge >= 0.3 is 0 Å². The van der Waals surface area contributed by atoms with Gasteiger partial charge in [0.05, 0.1) is 16.0 Å². The Labute approximate surface area is 186 Å². The summed E-state index contributed by atoms with van der Waals surface area (Å²) >= 11 is 4.00. The third-order valence-electron chi connectivity index (χ3n) is 4.13. The molecule has 2 aromatic carbocycles. The van der Waals surface area contributed by atoms with Gasteiger partial charge in [-0.15, -0.1) is 0 Å². The number of nitrogens with zero attached hydrogens (tertiary/aromatic N) is 1. The average molecular weight is 491 g/mol. The number of phenols is 1. The lowest BCUT2D eigenvalue weighted by atomic mass is 10.2. The Morgan fingerprint density at radius 1 is 1.30 bits per heavy atom. The molecule has 1 heterocycles. The summed E-state index contributed by atoms with van der Waals surface area (Å²) in [4.78, 5) is 38.3. The highest BCUT2D eigenvalue weighted by Crippen LogP contribution is 2.38. The first-order chi connectivity index (χ1) is 14.3. The second-order valence-electron chi connectivity index (χ2n) is 6.47. The van der Waals surface area contributed by atoms with Crippen LogP contribution in [0.3, 0.4) is 0 Å². The molecule has 1 saturated heterocycles. The fourth-order valence-electron chi connectivity index (χ4n) is 2.80. The van der Waals surface area contributed by atoms with E-state index >= 15 is 0 Å². The highest BCUT2D eigenvalue weighted by atomic mass is 79.9. The predicted molar refractivity (Wildman–Crippen MR) is 119 cm³/mol. The quantitative estimate of drug-likeness (QED) is 0.577. The molecule has 0 spiro atoms. The number of phenolic OH excluding ortho intramolecular Hbond substituents is 1. The van der Waals surface area contributed by atoms with Crippen molar-refractivity contribution in [3.8, 4) is 11.5 Å². The molecular formula is C21H19BrN2O5S. The summed E-state index contributed by atoms with van der Waals surface area (Å²) in [6.45, 7) is 3.66. The van der Waals surface area contributed by atoms with Gasteiger partial charge in [-0.05, 0) is 83.0 Å². The van der Waals surface area contributed by atoms with E-state index in [0.717, 1.165) is 22.2 Å². The highest BCUT2D eigenvalue weighted by molar-refractivity contribution is 9.10. The molecule has 0 unspecified atom stereocenters. The number of anilines is 1. The smallest absolute Gasteiger partial charge is 0.294 e. The first-order valence-corrected chi connectivity index (χ1v) is 10.7. The number of carbonyl (C=O) groups excluding carboxylic acids is 3. The number of rotatable bonds is 6. The molecule has 0 radical (unpaired) electrons. The van der Waals surface area contributed by atoms with Crippen molar-refractivity contribution in [2.45, 2.75) is 13.8 Å². The topological polar surface area (TPSA) is 95.9 Å². The van der Waals surface area contributed by atoms with Crippen LogP contribution in [-0.4, -0.2) is 40.2 Å². The zero-order valence-corrected chi connectivity index (χ0v) is 18.7. The number of carbonyl (C=O) groups is 3. The molecule has 2 N–H and O–H groups in total. The van der Waals surface area contributed by atoms with E-state index < -0.39 is 17.1 Å². The van der Waals surface area contributed by atoms with Crippen LogP contribution in [0.5, 0.6) is 11.5 Å². The molecule has 3 rings (SSSR count). The van der Waals surface area contributed by atoms with Gasteiger partial charge in [0, 0.05) is 5.69 Å². The van der Waals surface area contributed by atoms with Crippen molar-refractivity contribution >= 4 is 56.5 Å². The molecule has 0 aliphatic carbocycles. The van der Waals surface area contributed by atoms with Gasteiger partial charge in [-0.3, -0.25) is 19.3 Å². The molecule has 2 aromatic rings. The number of hydrogen-bond acceptors (Lipinski definition) is 6. The first-order valence-electron chi connectivity index (χ1n) is 9.05. The van der Waals surface area contributed by atoms with Gasteiger partial charge in [-0.25, -0.2) is 0 Å². The molecule has 30 heavy (non-hydrogen) atoms. The molecule has 0 atom stereocenters. The maximum absolute atomic E-state index is 12.7. The minimum atomic E-state index is -0.549. The Hall–Kier alpha value is -2.78. The van der Waals surface area contributed by atoms with Crippen LogP contribution >= 0.6 is 27.7 Å². The van der Waals surface area contributed by atoms with Gasteiger partial charge in [0.15, 0.2) is 11.5 Å². The van der Waals surface area contributed by atoms with E-state index in [1.807, 2.05) is 13.0 Å². The molecule has 7 nitrogen and oxygen atoms in total. The normalized spacial score (nSPS) is 15.0. The Morgan fingerprint density at radius 3 is 2.77 bits per heavy atom. The van der Waals surface area contributed by atoms with E-state index in [1.54, 1.807) is 37.3 Å². The first kappa shape index (κ1) is 21.9. The second-order valence-corrected chi connectivity index (χ2v) is 8.32.